The maximum Gasteiger partial charge on any atom is 0.303 e. The molecule has 104 valence electrons. The van der Waals surface area contributed by atoms with Crippen molar-refractivity contribution in [3.63, 3.8) is 0 Å². The van der Waals surface area contributed by atoms with Crippen LogP contribution in [0.1, 0.15) is 30.4 Å². The largest absolute Gasteiger partial charge is 0.481 e. The lowest BCUT2D eigenvalue weighted by atomic mass is 10.1. The summed E-state index contributed by atoms with van der Waals surface area (Å²) in [4.78, 5) is 22.0. The predicted molar refractivity (Wildman–Crippen MR) is 77.1 cm³/mol. The van der Waals surface area contributed by atoms with Crippen molar-refractivity contribution in [3.8, 4) is 0 Å². The van der Waals surface area contributed by atoms with E-state index in [4.69, 9.17) is 5.11 Å². The predicted octanol–water partition coefficient (Wildman–Crippen LogP) is 2.67. The van der Waals surface area contributed by atoms with Crippen LogP contribution in [0.25, 0.3) is 0 Å². The molecule has 0 saturated carbocycles. The monoisotopic (exact) mass is 327 g/mol. The van der Waals surface area contributed by atoms with Crippen LogP contribution in [0.15, 0.2) is 22.7 Å². The molecule has 0 aliphatic rings. The number of benzene rings is 1. The molecule has 0 radical (unpaired) electrons. The first-order chi connectivity index (χ1) is 8.99. The number of aryl methyl sites for hydroxylation is 1. The Balaban J connectivity index is 2.29. The van der Waals surface area contributed by atoms with Gasteiger partial charge < -0.3 is 10.4 Å². The van der Waals surface area contributed by atoms with E-state index in [1.807, 2.05) is 25.1 Å². The van der Waals surface area contributed by atoms with Gasteiger partial charge in [0.05, 0.1) is 6.42 Å². The molecule has 1 aromatic carbocycles. The van der Waals surface area contributed by atoms with E-state index in [2.05, 4.69) is 21.2 Å². The van der Waals surface area contributed by atoms with Gasteiger partial charge in [-0.3, -0.25) is 9.59 Å². The van der Waals surface area contributed by atoms with E-state index in [1.54, 1.807) is 0 Å². The molecule has 1 rings (SSSR count). The number of hydrogen-bond acceptors (Lipinski definition) is 2. The fourth-order valence-electron chi connectivity index (χ4n) is 1.72. The van der Waals surface area contributed by atoms with Gasteiger partial charge in [-0.2, -0.15) is 0 Å². The van der Waals surface area contributed by atoms with Gasteiger partial charge in [-0.05, 0) is 43.0 Å². The normalized spacial score (nSPS) is 10.2. The van der Waals surface area contributed by atoms with Crippen LogP contribution >= 0.6 is 15.9 Å². The van der Waals surface area contributed by atoms with Crippen molar-refractivity contribution in [3.05, 3.63) is 33.8 Å². The molecule has 1 aromatic rings. The second-order valence-corrected chi connectivity index (χ2v) is 5.36. The van der Waals surface area contributed by atoms with Crippen molar-refractivity contribution in [2.24, 2.45) is 0 Å². The number of carbonyl (C=O) groups is 2. The first kappa shape index (κ1) is 15.7. The lowest BCUT2D eigenvalue weighted by molar-refractivity contribution is -0.137. The molecule has 0 heterocycles. The number of rotatable bonds is 7. The number of unbranched alkanes of at least 4 members (excludes halogenated alkanes) is 1. The molecule has 0 aromatic heterocycles. The average Bonchev–Trinajstić information content (AvgIpc) is 2.32. The van der Waals surface area contributed by atoms with Crippen molar-refractivity contribution < 1.29 is 14.7 Å². The van der Waals surface area contributed by atoms with Crippen molar-refractivity contribution >= 4 is 27.8 Å². The van der Waals surface area contributed by atoms with E-state index in [0.29, 0.717) is 25.8 Å². The second-order valence-electron chi connectivity index (χ2n) is 4.45. The van der Waals surface area contributed by atoms with E-state index < -0.39 is 5.97 Å². The molecule has 2 N–H and O–H groups in total. The standard InChI is InChI=1S/C14H18BrNO3/c1-10-8-12(15)6-5-11(10)9-13(17)16-7-3-2-4-14(18)19/h5-6,8H,2-4,7,9H2,1H3,(H,16,17)(H,18,19). The molecule has 0 atom stereocenters. The van der Waals surface area contributed by atoms with Crippen LogP contribution in [-0.4, -0.2) is 23.5 Å². The Bertz CT molecular complexity index is 460. The van der Waals surface area contributed by atoms with Gasteiger partial charge in [0.15, 0.2) is 0 Å². The SMILES string of the molecule is Cc1cc(Br)ccc1CC(=O)NCCCCC(=O)O. The van der Waals surface area contributed by atoms with Crippen LogP contribution in [0.4, 0.5) is 0 Å². The molecule has 0 spiro atoms. The van der Waals surface area contributed by atoms with Crippen molar-refractivity contribution in [2.75, 3.05) is 6.54 Å². The summed E-state index contributed by atoms with van der Waals surface area (Å²) in [5.74, 6) is -0.822. The summed E-state index contributed by atoms with van der Waals surface area (Å²) in [5, 5.41) is 11.3. The van der Waals surface area contributed by atoms with Crippen LogP contribution in [0.2, 0.25) is 0 Å². The zero-order valence-electron chi connectivity index (χ0n) is 10.9. The number of carbonyl (C=O) groups excluding carboxylic acids is 1. The summed E-state index contributed by atoms with van der Waals surface area (Å²) in [6.45, 7) is 2.50. The number of amides is 1. The van der Waals surface area contributed by atoms with Gasteiger partial charge in [0.25, 0.3) is 0 Å². The maximum absolute atomic E-state index is 11.7. The highest BCUT2D eigenvalue weighted by Crippen LogP contribution is 2.16. The summed E-state index contributed by atoms with van der Waals surface area (Å²) in [6.07, 6.45) is 1.80. The Hall–Kier alpha value is -1.36. The first-order valence-corrected chi connectivity index (χ1v) is 7.02. The highest BCUT2D eigenvalue weighted by Gasteiger charge is 2.06. The number of aliphatic carboxylic acids is 1. The fourth-order valence-corrected chi connectivity index (χ4v) is 2.20. The van der Waals surface area contributed by atoms with Gasteiger partial charge in [-0.15, -0.1) is 0 Å². The number of carboxylic acid groups (broad SMARTS) is 1. The van der Waals surface area contributed by atoms with E-state index in [0.717, 1.165) is 15.6 Å². The minimum Gasteiger partial charge on any atom is -0.481 e. The van der Waals surface area contributed by atoms with Crippen LogP contribution in [0, 0.1) is 6.92 Å². The van der Waals surface area contributed by atoms with Crippen LogP contribution in [0.3, 0.4) is 0 Å². The van der Waals surface area contributed by atoms with Crippen LogP contribution < -0.4 is 5.32 Å². The van der Waals surface area contributed by atoms with Crippen molar-refractivity contribution in [1.82, 2.24) is 5.32 Å². The quantitative estimate of drug-likeness (QED) is 0.756. The van der Waals surface area contributed by atoms with E-state index in [9.17, 15) is 9.59 Å². The molecule has 0 unspecified atom stereocenters. The number of halogens is 1. The Morgan fingerprint density at radius 1 is 1.32 bits per heavy atom. The molecule has 0 fully saturated rings. The molecule has 0 aliphatic heterocycles. The lowest BCUT2D eigenvalue weighted by Gasteiger charge is -2.07. The minimum absolute atomic E-state index is 0.0271. The van der Waals surface area contributed by atoms with Crippen LogP contribution in [0.5, 0.6) is 0 Å². The molecule has 0 bridgehead atoms. The summed E-state index contributed by atoms with van der Waals surface area (Å²) in [7, 11) is 0. The third-order valence-corrected chi connectivity index (χ3v) is 3.29. The minimum atomic E-state index is -0.795. The molecular weight excluding hydrogens is 310 g/mol. The van der Waals surface area contributed by atoms with Gasteiger partial charge in [0, 0.05) is 17.4 Å². The van der Waals surface area contributed by atoms with Gasteiger partial charge >= 0.3 is 5.97 Å². The highest BCUT2D eigenvalue weighted by molar-refractivity contribution is 9.10. The zero-order valence-corrected chi connectivity index (χ0v) is 12.5. The Morgan fingerprint density at radius 3 is 2.68 bits per heavy atom. The fraction of sp³-hybridized carbons (Fsp3) is 0.429. The van der Waals surface area contributed by atoms with Gasteiger partial charge in [-0.1, -0.05) is 22.0 Å². The topological polar surface area (TPSA) is 66.4 Å². The van der Waals surface area contributed by atoms with Crippen molar-refractivity contribution in [2.45, 2.75) is 32.6 Å². The van der Waals surface area contributed by atoms with Gasteiger partial charge in [0.2, 0.25) is 5.91 Å². The zero-order chi connectivity index (χ0) is 14.3. The van der Waals surface area contributed by atoms with E-state index in [-0.39, 0.29) is 12.3 Å². The number of hydrogen-bond donors (Lipinski definition) is 2. The van der Waals surface area contributed by atoms with Crippen molar-refractivity contribution in [1.29, 1.82) is 0 Å². The Labute approximate surface area is 121 Å². The lowest BCUT2D eigenvalue weighted by Crippen LogP contribution is -2.26. The molecule has 4 nitrogen and oxygen atoms in total. The molecule has 0 saturated heterocycles. The first-order valence-electron chi connectivity index (χ1n) is 6.22. The van der Waals surface area contributed by atoms with Gasteiger partial charge in [-0.25, -0.2) is 0 Å². The molecule has 1 amide bonds. The number of carboxylic acids is 1. The molecule has 19 heavy (non-hydrogen) atoms. The average molecular weight is 328 g/mol. The summed E-state index contributed by atoms with van der Waals surface area (Å²) >= 11 is 3.38. The number of nitrogens with one attached hydrogen (secondary N) is 1. The third kappa shape index (κ3) is 6.38. The summed E-state index contributed by atoms with van der Waals surface area (Å²) < 4.78 is 1.00. The maximum atomic E-state index is 11.7. The summed E-state index contributed by atoms with van der Waals surface area (Å²) in [5.41, 5.74) is 2.08. The van der Waals surface area contributed by atoms with E-state index >= 15 is 0 Å². The smallest absolute Gasteiger partial charge is 0.303 e. The van der Waals surface area contributed by atoms with Crippen LogP contribution in [-0.2, 0) is 16.0 Å². The summed E-state index contributed by atoms with van der Waals surface area (Å²) in [6, 6.07) is 5.83. The van der Waals surface area contributed by atoms with E-state index in [1.165, 1.54) is 0 Å². The third-order valence-electron chi connectivity index (χ3n) is 2.80. The Kier molecular flexibility index (Phi) is 6.56. The second kappa shape index (κ2) is 7.94. The molecule has 5 heteroatoms. The molecular formula is C14H18BrNO3. The highest BCUT2D eigenvalue weighted by atomic mass is 79.9. The van der Waals surface area contributed by atoms with Gasteiger partial charge in [0.1, 0.15) is 0 Å². The Morgan fingerprint density at radius 2 is 2.05 bits per heavy atom. The molecule has 0 aliphatic carbocycles.